The van der Waals surface area contributed by atoms with Gasteiger partial charge in [-0.2, -0.15) is 0 Å². The number of nitrogens with one attached hydrogen (secondary N) is 1. The van der Waals surface area contributed by atoms with Gasteiger partial charge in [0.05, 0.1) is 0 Å². The number of halogens is 1. The van der Waals surface area contributed by atoms with E-state index >= 15 is 0 Å². The number of likely N-dealkylation sites (tertiary alicyclic amines) is 1. The van der Waals surface area contributed by atoms with Gasteiger partial charge in [-0.25, -0.2) is 9.18 Å². The van der Waals surface area contributed by atoms with Gasteiger partial charge in [0.1, 0.15) is 24.0 Å². The number of hydrogen-bond acceptors (Lipinski definition) is 7. The second kappa shape index (κ2) is 24.1. The number of ether oxygens (including phenoxy) is 1. The van der Waals surface area contributed by atoms with Gasteiger partial charge in [0.25, 0.3) is 5.97 Å². The van der Waals surface area contributed by atoms with E-state index in [1.807, 2.05) is 19.9 Å². The number of hydrogen-bond donors (Lipinski definition) is 4. The largest absolute Gasteiger partial charge is 0.481 e. The number of nitrogens with two attached hydrogens (primary N) is 1. The standard InChI is InChI=1S/C14H23N3O4.C10H13F.C4H10.C3H7BO2.C2H4O2/c1-9(16-14(20)21-10-5-2-3-6-10)13(19)17-8-4-7-11(17)12(15)18;1-3-8-6-5-7-10(11)9(8)4-2;1-4(2)3;5-4-2-1-3-6-4;1-2(3)4/h9-11H,2-8H2,1H3,(H2,15,18)(H,16,20);5-7H,3-4H2,1-2H3;4H,1-3H3;5H,1-3H2;1H3,(H,3,4). The molecule has 4 rings (SSSR count). The molecule has 2 saturated heterocycles. The zero-order chi connectivity index (χ0) is 35.2. The van der Waals surface area contributed by atoms with Crippen molar-refractivity contribution in [2.24, 2.45) is 11.7 Å². The van der Waals surface area contributed by atoms with Gasteiger partial charge < -0.3 is 35.5 Å². The Hall–Kier alpha value is -3.19. The fourth-order valence-corrected chi connectivity index (χ4v) is 4.90. The molecule has 3 amide bonds. The Morgan fingerprint density at radius 1 is 1.07 bits per heavy atom. The Morgan fingerprint density at radius 3 is 2.07 bits per heavy atom. The highest BCUT2D eigenvalue weighted by Crippen LogP contribution is 2.21. The molecule has 0 spiro atoms. The van der Waals surface area contributed by atoms with Gasteiger partial charge in [0.2, 0.25) is 11.8 Å². The molecule has 0 bridgehead atoms. The third-order valence-electron chi connectivity index (χ3n) is 7.00. The molecule has 1 aromatic rings. The van der Waals surface area contributed by atoms with Crippen LogP contribution in [0.4, 0.5) is 9.18 Å². The zero-order valence-electron chi connectivity index (χ0n) is 28.9. The number of carboxylic acid groups (broad SMARTS) is 1. The average molecular weight is 654 g/mol. The van der Waals surface area contributed by atoms with Gasteiger partial charge in [0.15, 0.2) is 0 Å². The van der Waals surface area contributed by atoms with Crippen molar-refractivity contribution in [1.82, 2.24) is 10.2 Å². The van der Waals surface area contributed by atoms with Crippen molar-refractivity contribution in [3.05, 3.63) is 35.1 Å². The number of rotatable bonds is 6. The Kier molecular flexibility index (Phi) is 22.4. The van der Waals surface area contributed by atoms with Gasteiger partial charge >= 0.3 is 13.2 Å². The minimum atomic E-state index is -0.833. The number of amides is 3. The molecule has 1 saturated carbocycles. The summed E-state index contributed by atoms with van der Waals surface area (Å²) in [7, 11) is -0.454. The monoisotopic (exact) mass is 653 g/mol. The first-order chi connectivity index (χ1) is 21.6. The molecule has 46 heavy (non-hydrogen) atoms. The topological polar surface area (TPSA) is 168 Å². The number of carbonyl (C=O) groups is 4. The Labute approximate surface area is 274 Å². The van der Waals surface area contributed by atoms with Crippen molar-refractivity contribution in [3.63, 3.8) is 0 Å². The fraction of sp³-hybridized carbons (Fsp3) is 0.697. The maximum atomic E-state index is 13.0. The van der Waals surface area contributed by atoms with E-state index in [-0.39, 0.29) is 17.8 Å². The summed E-state index contributed by atoms with van der Waals surface area (Å²) in [5, 5.41) is 18.5. The summed E-state index contributed by atoms with van der Waals surface area (Å²) in [6.07, 6.45) is 8.16. The van der Waals surface area contributed by atoms with Crippen LogP contribution < -0.4 is 11.1 Å². The first kappa shape index (κ1) is 42.8. The number of carboxylic acids is 1. The third-order valence-corrected chi connectivity index (χ3v) is 7.00. The zero-order valence-corrected chi connectivity index (χ0v) is 28.9. The Morgan fingerprint density at radius 2 is 1.65 bits per heavy atom. The molecule has 3 aliphatic rings. The van der Waals surface area contributed by atoms with Crippen molar-refractivity contribution >= 4 is 31.0 Å². The lowest BCUT2D eigenvalue weighted by Crippen LogP contribution is -2.51. The lowest BCUT2D eigenvalue weighted by molar-refractivity contribution is -0.138. The summed E-state index contributed by atoms with van der Waals surface area (Å²) in [4.78, 5) is 45.8. The number of primary amides is 1. The van der Waals surface area contributed by atoms with E-state index < -0.39 is 37.2 Å². The fourth-order valence-electron chi connectivity index (χ4n) is 4.90. The van der Waals surface area contributed by atoms with Crippen LogP contribution in [0.3, 0.4) is 0 Å². The van der Waals surface area contributed by atoms with E-state index in [9.17, 15) is 18.8 Å². The molecule has 1 aliphatic carbocycles. The summed E-state index contributed by atoms with van der Waals surface area (Å²) in [5.41, 5.74) is 7.29. The van der Waals surface area contributed by atoms with E-state index in [0.29, 0.717) is 13.0 Å². The molecule has 262 valence electrons. The van der Waals surface area contributed by atoms with Gasteiger partial charge in [-0.05, 0) is 94.1 Å². The SMILES string of the molecule is CC(=O)O.CC(C)C.CC(NC(=O)OC1CCCC1)C(=O)N1CCCC1C(N)=O.CCc1cccc(F)c1CC.OB1CCCO1. The van der Waals surface area contributed by atoms with Gasteiger partial charge in [-0.3, -0.25) is 14.4 Å². The molecule has 3 fully saturated rings. The Balaban J connectivity index is 0.000000669. The Bertz CT molecular complexity index is 1040. The summed E-state index contributed by atoms with van der Waals surface area (Å²) < 4.78 is 23.0. The molecule has 0 radical (unpaired) electrons. The van der Waals surface area contributed by atoms with Crippen molar-refractivity contribution in [2.75, 3.05) is 13.2 Å². The normalized spacial score (nSPS) is 17.6. The first-order valence-electron chi connectivity index (χ1n) is 16.5. The molecular weight excluding hydrogens is 596 g/mol. The second-order valence-electron chi connectivity index (χ2n) is 12.1. The highest BCUT2D eigenvalue weighted by molar-refractivity contribution is 6.43. The number of nitrogens with zero attached hydrogens (tertiary/aromatic N) is 1. The second-order valence-corrected chi connectivity index (χ2v) is 12.1. The average Bonchev–Trinajstić information content (AvgIpc) is 3.76. The maximum Gasteiger partial charge on any atom is 0.454 e. The maximum absolute atomic E-state index is 13.0. The van der Waals surface area contributed by atoms with Crippen LogP contribution in [0.15, 0.2) is 18.2 Å². The number of aryl methyl sites for hydroxylation is 1. The molecule has 11 nitrogen and oxygen atoms in total. The molecule has 13 heteroatoms. The number of benzene rings is 1. The molecule has 1 aromatic carbocycles. The molecule has 2 unspecified atom stereocenters. The predicted octanol–water partition coefficient (Wildman–Crippen LogP) is 5.11. The summed E-state index contributed by atoms with van der Waals surface area (Å²) in [5.74, 6) is -0.854. The van der Waals surface area contributed by atoms with Crippen LogP contribution in [0.5, 0.6) is 0 Å². The highest BCUT2D eigenvalue weighted by Gasteiger charge is 2.35. The first-order valence-corrected chi connectivity index (χ1v) is 16.5. The van der Waals surface area contributed by atoms with Crippen LogP contribution >= 0.6 is 0 Å². The van der Waals surface area contributed by atoms with Crippen LogP contribution in [0, 0.1) is 11.7 Å². The van der Waals surface area contributed by atoms with Crippen LogP contribution in [0.2, 0.25) is 6.32 Å². The third kappa shape index (κ3) is 18.7. The minimum Gasteiger partial charge on any atom is -0.481 e. The van der Waals surface area contributed by atoms with Crippen LogP contribution in [0.1, 0.15) is 105 Å². The van der Waals surface area contributed by atoms with E-state index in [4.69, 9.17) is 30.0 Å². The van der Waals surface area contributed by atoms with E-state index in [0.717, 1.165) is 88.3 Å². The van der Waals surface area contributed by atoms with Crippen molar-refractivity contribution in [3.8, 4) is 0 Å². The van der Waals surface area contributed by atoms with Crippen LogP contribution in [-0.2, 0) is 36.6 Å². The molecule has 2 aliphatic heterocycles. The molecular formula is C33H57BFN3O8. The number of aliphatic carboxylic acids is 1. The van der Waals surface area contributed by atoms with Crippen LogP contribution in [0.25, 0.3) is 0 Å². The quantitative estimate of drug-likeness (QED) is 0.307. The number of carbonyl (C=O) groups excluding carboxylic acids is 3. The molecule has 2 heterocycles. The predicted molar refractivity (Wildman–Crippen MR) is 178 cm³/mol. The van der Waals surface area contributed by atoms with Gasteiger partial charge in [-0.15, -0.1) is 0 Å². The van der Waals surface area contributed by atoms with E-state index in [1.54, 1.807) is 13.0 Å². The van der Waals surface area contributed by atoms with Crippen molar-refractivity contribution in [1.29, 1.82) is 0 Å². The summed E-state index contributed by atoms with van der Waals surface area (Å²) in [6, 6.07) is 4.00. The number of alkyl carbamates (subject to hydrolysis) is 1. The summed E-state index contributed by atoms with van der Waals surface area (Å²) in [6.45, 7) is 14.4. The molecule has 5 N–H and O–H groups in total. The van der Waals surface area contributed by atoms with Gasteiger partial charge in [0, 0.05) is 20.1 Å². The highest BCUT2D eigenvalue weighted by atomic mass is 19.1. The van der Waals surface area contributed by atoms with Crippen molar-refractivity contribution < 1.29 is 43.1 Å². The smallest absolute Gasteiger partial charge is 0.454 e. The molecule has 2 atom stereocenters. The van der Waals surface area contributed by atoms with Crippen molar-refractivity contribution in [2.45, 2.75) is 131 Å². The lowest BCUT2D eigenvalue weighted by atomic mass is 9.88. The molecule has 0 aromatic heterocycles. The lowest BCUT2D eigenvalue weighted by Gasteiger charge is -2.26. The van der Waals surface area contributed by atoms with Gasteiger partial charge in [-0.1, -0.05) is 46.8 Å². The summed E-state index contributed by atoms with van der Waals surface area (Å²) >= 11 is 0. The van der Waals surface area contributed by atoms with E-state index in [1.165, 1.54) is 11.0 Å². The minimum absolute atomic E-state index is 0.0440. The van der Waals surface area contributed by atoms with Crippen LogP contribution in [-0.4, -0.2) is 77.4 Å². The van der Waals surface area contributed by atoms with E-state index in [2.05, 4.69) is 26.1 Å².